The molecule has 1 amide bonds. The normalized spacial score (nSPS) is 12.9. The molecule has 0 aromatic rings. The molecule has 0 aliphatic rings. The molecular formula is C68H127NO5. The van der Waals surface area contributed by atoms with Crippen molar-refractivity contribution in [3.05, 3.63) is 48.6 Å². The third kappa shape index (κ3) is 59.1. The number of rotatable bonds is 61. The summed E-state index contributed by atoms with van der Waals surface area (Å²) in [4.78, 5) is 24.6. The third-order valence-electron chi connectivity index (χ3n) is 15.1. The van der Waals surface area contributed by atoms with E-state index >= 15 is 0 Å². The van der Waals surface area contributed by atoms with Gasteiger partial charge in [-0.3, -0.25) is 9.59 Å². The van der Waals surface area contributed by atoms with Gasteiger partial charge in [0.05, 0.1) is 25.4 Å². The number of amides is 1. The Morgan fingerprint density at radius 2 is 0.689 bits per heavy atom. The summed E-state index contributed by atoms with van der Waals surface area (Å²) in [7, 11) is 0. The average molecular weight is 1040 g/mol. The van der Waals surface area contributed by atoms with Gasteiger partial charge in [0.15, 0.2) is 0 Å². The van der Waals surface area contributed by atoms with Gasteiger partial charge in [0.2, 0.25) is 5.91 Å². The second-order valence-corrected chi connectivity index (χ2v) is 22.4. The second kappa shape index (κ2) is 63.4. The fraction of sp³-hybridized carbons (Fsp3) is 0.853. The molecule has 6 heteroatoms. The highest BCUT2D eigenvalue weighted by molar-refractivity contribution is 5.76. The highest BCUT2D eigenvalue weighted by Crippen LogP contribution is 2.17. The first kappa shape index (κ1) is 71.8. The van der Waals surface area contributed by atoms with Crippen LogP contribution in [0.3, 0.4) is 0 Å². The maximum atomic E-state index is 12.5. The van der Waals surface area contributed by atoms with Crippen molar-refractivity contribution in [2.45, 2.75) is 360 Å². The molecule has 0 aromatic carbocycles. The minimum atomic E-state index is -0.853. The molecule has 2 unspecified atom stereocenters. The van der Waals surface area contributed by atoms with E-state index in [4.69, 9.17) is 4.74 Å². The Kier molecular flexibility index (Phi) is 61.5. The van der Waals surface area contributed by atoms with Gasteiger partial charge in [-0.1, -0.05) is 300 Å². The van der Waals surface area contributed by atoms with Crippen LogP contribution in [0.5, 0.6) is 0 Å². The number of carbonyl (C=O) groups excluding carboxylic acids is 2. The van der Waals surface area contributed by atoms with Crippen LogP contribution in [0.2, 0.25) is 0 Å². The Balaban J connectivity index is 3.48. The fourth-order valence-corrected chi connectivity index (χ4v) is 10.00. The van der Waals surface area contributed by atoms with E-state index in [9.17, 15) is 19.8 Å². The maximum absolute atomic E-state index is 12.5. The molecule has 434 valence electrons. The maximum Gasteiger partial charge on any atom is 0.305 e. The first-order chi connectivity index (χ1) is 36.5. The van der Waals surface area contributed by atoms with Crippen LogP contribution in [-0.4, -0.2) is 47.4 Å². The summed E-state index contributed by atoms with van der Waals surface area (Å²) >= 11 is 0. The van der Waals surface area contributed by atoms with Crippen molar-refractivity contribution >= 4 is 11.9 Å². The number of ether oxygens (including phenoxy) is 1. The van der Waals surface area contributed by atoms with E-state index < -0.39 is 12.1 Å². The minimum Gasteiger partial charge on any atom is -0.466 e. The topological polar surface area (TPSA) is 95.9 Å². The van der Waals surface area contributed by atoms with Gasteiger partial charge in [-0.05, 0) is 83.5 Å². The number of hydrogen-bond donors (Lipinski definition) is 3. The van der Waals surface area contributed by atoms with Crippen LogP contribution in [0.1, 0.15) is 348 Å². The lowest BCUT2D eigenvalue weighted by molar-refractivity contribution is -0.143. The highest BCUT2D eigenvalue weighted by Gasteiger charge is 2.18. The van der Waals surface area contributed by atoms with E-state index in [-0.39, 0.29) is 18.5 Å². The summed E-state index contributed by atoms with van der Waals surface area (Å²) in [6, 6.07) is -0.638. The predicted molar refractivity (Wildman–Crippen MR) is 324 cm³/mol. The van der Waals surface area contributed by atoms with Crippen LogP contribution in [0, 0.1) is 0 Å². The molecule has 0 aliphatic heterocycles. The fourth-order valence-electron chi connectivity index (χ4n) is 10.00. The number of esters is 1. The zero-order valence-corrected chi connectivity index (χ0v) is 49.6. The van der Waals surface area contributed by atoms with Crippen LogP contribution < -0.4 is 5.32 Å². The Hall–Kier alpha value is -2.18. The minimum absolute atomic E-state index is 0.0114. The third-order valence-corrected chi connectivity index (χ3v) is 15.1. The van der Waals surface area contributed by atoms with Gasteiger partial charge in [0, 0.05) is 12.8 Å². The van der Waals surface area contributed by atoms with Gasteiger partial charge in [0.25, 0.3) is 0 Å². The largest absolute Gasteiger partial charge is 0.466 e. The first-order valence-electron chi connectivity index (χ1n) is 32.9. The molecule has 0 saturated heterocycles. The predicted octanol–water partition coefficient (Wildman–Crippen LogP) is 20.9. The first-order valence-corrected chi connectivity index (χ1v) is 32.9. The monoisotopic (exact) mass is 1040 g/mol. The van der Waals surface area contributed by atoms with Crippen molar-refractivity contribution in [2.75, 3.05) is 13.2 Å². The molecule has 0 spiro atoms. The van der Waals surface area contributed by atoms with Crippen LogP contribution in [-0.2, 0) is 14.3 Å². The number of aliphatic hydroxyl groups is 2. The zero-order valence-electron chi connectivity index (χ0n) is 49.6. The summed E-state index contributed by atoms with van der Waals surface area (Å²) in [5.41, 5.74) is 0. The zero-order chi connectivity index (χ0) is 53.6. The van der Waals surface area contributed by atoms with E-state index in [0.29, 0.717) is 19.4 Å². The van der Waals surface area contributed by atoms with E-state index in [2.05, 4.69) is 55.6 Å². The molecule has 0 fully saturated rings. The number of nitrogens with one attached hydrogen (secondary N) is 1. The van der Waals surface area contributed by atoms with E-state index in [1.807, 2.05) is 6.08 Å². The van der Waals surface area contributed by atoms with Crippen LogP contribution >= 0.6 is 0 Å². The molecule has 74 heavy (non-hydrogen) atoms. The van der Waals surface area contributed by atoms with Crippen LogP contribution in [0.4, 0.5) is 0 Å². The van der Waals surface area contributed by atoms with Crippen LogP contribution in [0.15, 0.2) is 48.6 Å². The molecule has 0 aliphatic carbocycles. The number of aliphatic hydroxyl groups excluding tert-OH is 2. The lowest BCUT2D eigenvalue weighted by Crippen LogP contribution is -2.45. The summed E-state index contributed by atoms with van der Waals surface area (Å²) in [6.45, 7) is 4.86. The molecule has 0 bridgehead atoms. The number of carbonyl (C=O) groups is 2. The standard InChI is InChI=1S/C68H127NO5/c1-3-5-7-9-11-13-15-17-19-20-21-22-23-24-25-27-30-33-36-40-44-48-52-56-60-66(71)65(64-70)69-67(72)61-57-53-49-45-41-37-34-31-28-26-29-32-35-39-43-47-51-55-59-63-74-68(73)62-58-54-50-46-42-38-18-16-14-12-10-8-6-4-2/h10,12,16,18,26,28,56,60,65-66,70-71H,3-9,11,13-15,17,19-25,27,29-55,57-59,61-64H2,1-2H3,(H,69,72)/b12-10-,18-16-,28-26-,60-56+. The van der Waals surface area contributed by atoms with Crippen molar-refractivity contribution in [1.82, 2.24) is 5.32 Å². The quantitative estimate of drug-likeness (QED) is 0.0320. The van der Waals surface area contributed by atoms with Gasteiger partial charge < -0.3 is 20.3 Å². The molecule has 0 saturated carbocycles. The molecule has 6 nitrogen and oxygen atoms in total. The lowest BCUT2D eigenvalue weighted by atomic mass is 10.0. The van der Waals surface area contributed by atoms with Gasteiger partial charge in [-0.2, -0.15) is 0 Å². The molecule has 0 heterocycles. The van der Waals surface area contributed by atoms with E-state index in [1.165, 1.54) is 257 Å². The van der Waals surface area contributed by atoms with Crippen molar-refractivity contribution in [3.8, 4) is 0 Å². The molecule has 0 rings (SSSR count). The number of unbranched alkanes of at least 4 members (excludes halogenated alkanes) is 44. The summed E-state index contributed by atoms with van der Waals surface area (Å²) < 4.78 is 5.47. The van der Waals surface area contributed by atoms with E-state index in [1.54, 1.807) is 6.08 Å². The Morgan fingerprint density at radius 3 is 1.08 bits per heavy atom. The lowest BCUT2D eigenvalue weighted by Gasteiger charge is -2.20. The summed E-state index contributed by atoms with van der Waals surface area (Å²) in [5, 5.41) is 23.2. The number of allylic oxidation sites excluding steroid dienone is 7. The summed E-state index contributed by atoms with van der Waals surface area (Å²) in [6.07, 6.45) is 81.6. The van der Waals surface area contributed by atoms with Gasteiger partial charge in [-0.15, -0.1) is 0 Å². The number of hydrogen-bond acceptors (Lipinski definition) is 5. The smallest absolute Gasteiger partial charge is 0.305 e. The van der Waals surface area contributed by atoms with Crippen molar-refractivity contribution in [2.24, 2.45) is 0 Å². The van der Waals surface area contributed by atoms with Gasteiger partial charge in [0.1, 0.15) is 0 Å². The SMILES string of the molecule is CCCC/C=C\C/C=C\CCCCCCCC(=O)OCCCCCCCCCC/C=C\CCCCCCCCCC(=O)NC(CO)C(O)/C=C/CCCCCCCCCCCCCCCCCCCCCCCC. The molecular weight excluding hydrogens is 911 g/mol. The Labute approximate surface area is 461 Å². The Bertz CT molecular complexity index is 1240. The van der Waals surface area contributed by atoms with Crippen LogP contribution in [0.25, 0.3) is 0 Å². The highest BCUT2D eigenvalue weighted by atomic mass is 16.5. The van der Waals surface area contributed by atoms with Gasteiger partial charge in [-0.25, -0.2) is 0 Å². The molecule has 3 N–H and O–H groups in total. The van der Waals surface area contributed by atoms with Crippen molar-refractivity contribution in [1.29, 1.82) is 0 Å². The molecule has 2 atom stereocenters. The molecule has 0 aromatic heterocycles. The molecule has 0 radical (unpaired) electrons. The average Bonchev–Trinajstić information content (AvgIpc) is 3.40. The van der Waals surface area contributed by atoms with Crippen molar-refractivity contribution in [3.63, 3.8) is 0 Å². The second-order valence-electron chi connectivity index (χ2n) is 22.4. The summed E-state index contributed by atoms with van der Waals surface area (Å²) in [5.74, 6) is -0.0866. The van der Waals surface area contributed by atoms with E-state index in [0.717, 1.165) is 64.2 Å². The Morgan fingerprint density at radius 1 is 0.378 bits per heavy atom. The van der Waals surface area contributed by atoms with Gasteiger partial charge >= 0.3 is 5.97 Å². The van der Waals surface area contributed by atoms with Crippen molar-refractivity contribution < 1.29 is 24.5 Å².